The largest absolute Gasteiger partial charge is 0.414 e. The van der Waals surface area contributed by atoms with Gasteiger partial charge in [-0.3, -0.25) is 0 Å². The molecular weight excluding hydrogens is 524 g/mol. The van der Waals surface area contributed by atoms with Crippen molar-refractivity contribution in [2.75, 3.05) is 0 Å². The first-order valence-corrected chi connectivity index (χ1v) is 13.2. The number of benzene rings is 3. The maximum absolute atomic E-state index is 13.5. The normalized spacial score (nSPS) is 15.0. The minimum atomic E-state index is -0.593. The first kappa shape index (κ1) is 26.0. The van der Waals surface area contributed by atoms with Crippen LogP contribution < -0.4 is 10.1 Å². The Bertz CT molecular complexity index is 1480. The molecule has 0 radical (unpaired) electrons. The van der Waals surface area contributed by atoms with Crippen molar-refractivity contribution in [1.29, 1.82) is 0 Å². The molecule has 0 saturated heterocycles. The molecule has 4 aromatic rings. The van der Waals surface area contributed by atoms with Crippen molar-refractivity contribution in [2.24, 2.45) is 0 Å². The van der Waals surface area contributed by atoms with Crippen LogP contribution in [0, 0.1) is 5.82 Å². The third kappa shape index (κ3) is 5.77. The highest BCUT2D eigenvalue weighted by Crippen LogP contribution is 2.39. The number of halogens is 3. The topological polar surface area (TPSA) is 56.1 Å². The fourth-order valence-electron chi connectivity index (χ4n) is 4.65. The van der Waals surface area contributed by atoms with Crippen LogP contribution in [0.3, 0.4) is 0 Å². The molecule has 0 unspecified atom stereocenters. The van der Waals surface area contributed by atoms with Gasteiger partial charge in [0, 0.05) is 10.6 Å². The van der Waals surface area contributed by atoms with Gasteiger partial charge in [-0.1, -0.05) is 65.7 Å². The second kappa shape index (κ2) is 11.4. The number of hydrogen-bond acceptors (Lipinski definition) is 3. The Morgan fingerprint density at radius 1 is 1.05 bits per heavy atom. The van der Waals surface area contributed by atoms with Crippen molar-refractivity contribution in [3.05, 3.63) is 111 Å². The zero-order chi connectivity index (χ0) is 26.6. The zero-order valence-electron chi connectivity index (χ0n) is 20.8. The average Bonchev–Trinajstić information content (AvgIpc) is 3.10. The number of nitrogens with zero attached hydrogens (tertiary/aromatic N) is 2. The second-order valence-corrected chi connectivity index (χ2v) is 10.1. The van der Waals surface area contributed by atoms with Crippen LogP contribution in [-0.4, -0.2) is 15.9 Å². The van der Waals surface area contributed by atoms with E-state index >= 15 is 0 Å². The molecule has 0 saturated carbocycles. The van der Waals surface area contributed by atoms with Crippen LogP contribution in [0.1, 0.15) is 54.6 Å². The highest BCUT2D eigenvalue weighted by molar-refractivity contribution is 6.35. The van der Waals surface area contributed by atoms with Crippen molar-refractivity contribution < 1.29 is 13.9 Å². The number of nitrogens with one attached hydrogen (secondary N) is 1. The van der Waals surface area contributed by atoms with Gasteiger partial charge in [-0.2, -0.15) is 0 Å². The van der Waals surface area contributed by atoms with Gasteiger partial charge in [0.2, 0.25) is 5.88 Å². The van der Waals surface area contributed by atoms with E-state index in [-0.39, 0.29) is 17.7 Å². The molecule has 0 bridgehead atoms. The predicted molar refractivity (Wildman–Crippen MR) is 149 cm³/mol. The molecule has 1 amide bonds. The Labute approximate surface area is 230 Å². The number of carbonyl (C=O) groups is 1. The van der Waals surface area contributed by atoms with Gasteiger partial charge < -0.3 is 10.1 Å². The lowest BCUT2D eigenvalue weighted by Crippen LogP contribution is -2.29. The summed E-state index contributed by atoms with van der Waals surface area (Å²) in [6.07, 6.45) is 4.71. The average molecular weight is 550 g/mol. The lowest BCUT2D eigenvalue weighted by Gasteiger charge is -2.13. The minimum Gasteiger partial charge on any atom is -0.389 e. The molecule has 1 aromatic heterocycles. The molecule has 194 valence electrons. The molecule has 1 heterocycles. The van der Waals surface area contributed by atoms with Gasteiger partial charge in [0.05, 0.1) is 22.4 Å². The molecule has 5 rings (SSSR count). The smallest absolute Gasteiger partial charge is 0.389 e. The number of amides is 1. The quantitative estimate of drug-likeness (QED) is 0.254. The Kier molecular flexibility index (Phi) is 7.82. The maximum Gasteiger partial charge on any atom is 0.414 e. The summed E-state index contributed by atoms with van der Waals surface area (Å²) in [6, 6.07) is 20.9. The number of ether oxygens (including phenoxy) is 1. The molecule has 0 spiro atoms. The number of fused-ring (bicyclic) bond motifs is 1. The zero-order valence-corrected chi connectivity index (χ0v) is 22.3. The van der Waals surface area contributed by atoms with Crippen LogP contribution in [-0.2, 0) is 6.42 Å². The molecular formula is C30H26Cl2FN3O2. The third-order valence-electron chi connectivity index (χ3n) is 6.55. The number of carbonyl (C=O) groups excluding carboxylic acids is 1. The van der Waals surface area contributed by atoms with Crippen molar-refractivity contribution in [2.45, 2.75) is 38.6 Å². The van der Waals surface area contributed by atoms with Gasteiger partial charge in [-0.05, 0) is 85.7 Å². The second-order valence-electron chi connectivity index (χ2n) is 9.23. The van der Waals surface area contributed by atoms with Crippen LogP contribution in [0.25, 0.3) is 17.3 Å². The van der Waals surface area contributed by atoms with E-state index in [2.05, 4.69) is 5.32 Å². The Hall–Kier alpha value is -3.61. The fraction of sp³-hybridized carbons (Fsp3) is 0.200. The van der Waals surface area contributed by atoms with E-state index in [9.17, 15) is 9.18 Å². The highest BCUT2D eigenvalue weighted by atomic mass is 35.5. The minimum absolute atomic E-state index is 0.232. The van der Waals surface area contributed by atoms with Crippen molar-refractivity contribution >= 4 is 40.9 Å². The predicted octanol–water partition coefficient (Wildman–Crippen LogP) is 8.43. The van der Waals surface area contributed by atoms with Crippen LogP contribution in [0.4, 0.5) is 9.18 Å². The van der Waals surface area contributed by atoms with Gasteiger partial charge in [0.1, 0.15) is 5.82 Å². The molecule has 38 heavy (non-hydrogen) atoms. The van der Waals surface area contributed by atoms with Crippen LogP contribution in [0.15, 0.2) is 72.8 Å². The summed E-state index contributed by atoms with van der Waals surface area (Å²) < 4.78 is 21.1. The van der Waals surface area contributed by atoms with Gasteiger partial charge in [-0.25, -0.2) is 13.9 Å². The Balaban J connectivity index is 1.56. The lowest BCUT2D eigenvalue weighted by atomic mass is 10.0. The first-order valence-electron chi connectivity index (χ1n) is 12.5. The molecule has 0 fully saturated rings. The summed E-state index contributed by atoms with van der Waals surface area (Å²) in [5.74, 6) is -0.0613. The molecule has 1 aliphatic rings. The van der Waals surface area contributed by atoms with Crippen molar-refractivity contribution in [3.63, 3.8) is 0 Å². The summed E-state index contributed by atoms with van der Waals surface area (Å²) in [5.41, 5.74) is 5.08. The number of allylic oxidation sites excluding steroid dienone is 1. The van der Waals surface area contributed by atoms with Crippen molar-refractivity contribution in [1.82, 2.24) is 15.1 Å². The first-order chi connectivity index (χ1) is 18.4. The number of rotatable bonds is 5. The molecule has 0 aliphatic heterocycles. The van der Waals surface area contributed by atoms with Crippen LogP contribution >= 0.6 is 23.2 Å². The van der Waals surface area contributed by atoms with E-state index < -0.39 is 6.09 Å². The van der Waals surface area contributed by atoms with E-state index in [1.165, 1.54) is 12.1 Å². The van der Waals surface area contributed by atoms with E-state index in [1.807, 2.05) is 43.3 Å². The SMILES string of the molecule is C[C@@H](NC(=O)Oc1nn(-c2ccc(Cl)cc2Cl)c2c1CCCC/C2=C\c1ccc(F)cc1)c1ccccc1. The Morgan fingerprint density at radius 3 is 2.53 bits per heavy atom. The van der Waals surface area contributed by atoms with Crippen LogP contribution in [0.5, 0.6) is 5.88 Å². The highest BCUT2D eigenvalue weighted by Gasteiger charge is 2.27. The maximum atomic E-state index is 13.5. The van der Waals surface area contributed by atoms with Gasteiger partial charge in [0.25, 0.3) is 0 Å². The van der Waals surface area contributed by atoms with E-state index in [0.717, 1.165) is 47.2 Å². The summed E-state index contributed by atoms with van der Waals surface area (Å²) in [5, 5.41) is 8.54. The van der Waals surface area contributed by atoms with E-state index in [0.29, 0.717) is 22.2 Å². The number of hydrogen-bond donors (Lipinski definition) is 1. The van der Waals surface area contributed by atoms with Gasteiger partial charge in [-0.15, -0.1) is 5.10 Å². The lowest BCUT2D eigenvalue weighted by molar-refractivity contribution is 0.194. The van der Waals surface area contributed by atoms with Gasteiger partial charge >= 0.3 is 6.09 Å². The van der Waals surface area contributed by atoms with E-state index in [4.69, 9.17) is 33.0 Å². The monoisotopic (exact) mass is 549 g/mol. The molecule has 5 nitrogen and oxygen atoms in total. The number of aromatic nitrogens is 2. The summed E-state index contributed by atoms with van der Waals surface area (Å²) in [6.45, 7) is 1.90. The molecule has 1 aliphatic carbocycles. The van der Waals surface area contributed by atoms with Crippen LogP contribution in [0.2, 0.25) is 10.0 Å². The molecule has 3 aromatic carbocycles. The van der Waals surface area contributed by atoms with E-state index in [1.54, 1.807) is 35.0 Å². The fourth-order valence-corrected chi connectivity index (χ4v) is 5.14. The summed E-state index contributed by atoms with van der Waals surface area (Å²) in [4.78, 5) is 13.0. The molecule has 8 heteroatoms. The summed E-state index contributed by atoms with van der Waals surface area (Å²) in [7, 11) is 0. The third-order valence-corrected chi connectivity index (χ3v) is 7.08. The molecule has 1 atom stereocenters. The van der Waals surface area contributed by atoms with Gasteiger partial charge in [0.15, 0.2) is 0 Å². The molecule has 1 N–H and O–H groups in total. The summed E-state index contributed by atoms with van der Waals surface area (Å²) >= 11 is 12.8. The Morgan fingerprint density at radius 2 is 1.79 bits per heavy atom. The van der Waals surface area contributed by atoms with Crippen molar-refractivity contribution in [3.8, 4) is 11.6 Å². The standard InChI is InChI=1S/C30H26Cl2FN3O2/c1-19(21-7-3-2-4-8-21)34-30(37)38-29-25-10-6-5-9-22(17-20-11-14-24(33)15-12-20)28(25)36(35-29)27-16-13-23(31)18-26(27)32/h2-4,7-8,11-19H,5-6,9-10H2,1H3,(H,34,37)/b22-17+/t19-/m1/s1.